The molecule has 2 fully saturated rings. The number of nitrogens with zero attached hydrogens (tertiary/aromatic N) is 3. The number of carbonyl (C=O) groups is 1. The van der Waals surface area contributed by atoms with Gasteiger partial charge in [-0.2, -0.15) is 0 Å². The third-order valence-electron chi connectivity index (χ3n) is 5.79. The Morgan fingerprint density at radius 2 is 1.83 bits per heavy atom. The highest BCUT2D eigenvalue weighted by Gasteiger charge is 2.41. The maximum atomic E-state index is 13.2. The predicted molar refractivity (Wildman–Crippen MR) is 112 cm³/mol. The number of piperidine rings is 1. The first kappa shape index (κ1) is 18.7. The normalized spacial score (nSPS) is 23.1. The molecule has 0 radical (unpaired) electrons. The second-order valence-corrected chi connectivity index (χ2v) is 7.65. The van der Waals surface area contributed by atoms with Crippen LogP contribution in [0.25, 0.3) is 0 Å². The molecule has 30 heavy (non-hydrogen) atoms. The van der Waals surface area contributed by atoms with Crippen molar-refractivity contribution in [3.05, 3.63) is 84.2 Å². The van der Waals surface area contributed by atoms with E-state index in [-0.39, 0.29) is 18.0 Å². The number of benzene rings is 2. The van der Waals surface area contributed by atoms with Crippen molar-refractivity contribution in [2.75, 3.05) is 13.1 Å². The van der Waals surface area contributed by atoms with Crippen LogP contribution >= 0.6 is 0 Å². The molecule has 0 spiro atoms. The lowest BCUT2D eigenvalue weighted by molar-refractivity contribution is 0.0652. The molecule has 3 aromatic rings. The fraction of sp³-hybridized carbons (Fsp3) is 0.261. The summed E-state index contributed by atoms with van der Waals surface area (Å²) in [5, 5.41) is 0. The van der Waals surface area contributed by atoms with Crippen molar-refractivity contribution >= 4 is 5.91 Å². The van der Waals surface area contributed by atoms with Crippen molar-refractivity contribution in [2.45, 2.75) is 18.5 Å². The Balaban J connectivity index is 1.31. The molecular formula is C23H23N5O2. The molecule has 0 saturated carbocycles. The minimum atomic E-state index is 0.0200. The van der Waals surface area contributed by atoms with Gasteiger partial charge in [0.15, 0.2) is 0 Å². The lowest BCUT2D eigenvalue weighted by atomic mass is 9.85. The molecule has 3 heterocycles. The molecule has 2 aliphatic rings. The third kappa shape index (κ3) is 3.77. The Bertz CT molecular complexity index is 1010. The molecule has 1 aromatic heterocycles. The molecule has 1 amide bonds. The number of amides is 1. The summed E-state index contributed by atoms with van der Waals surface area (Å²) < 4.78 is 5.69. The molecule has 7 heteroatoms. The first-order valence-electron chi connectivity index (χ1n) is 10.2. The number of rotatable bonds is 4. The molecule has 2 aliphatic heterocycles. The number of aromatic nitrogens is 2. The lowest BCUT2D eigenvalue weighted by Gasteiger charge is -2.36. The van der Waals surface area contributed by atoms with Gasteiger partial charge in [0.25, 0.3) is 5.91 Å². The molecule has 5 rings (SSSR count). The van der Waals surface area contributed by atoms with Crippen LogP contribution in [0, 0.1) is 5.92 Å². The predicted octanol–water partition coefficient (Wildman–Crippen LogP) is 2.95. The Kier molecular flexibility index (Phi) is 5.13. The van der Waals surface area contributed by atoms with E-state index >= 15 is 0 Å². The summed E-state index contributed by atoms with van der Waals surface area (Å²) in [4.78, 5) is 23.3. The van der Waals surface area contributed by atoms with Crippen LogP contribution in [0.1, 0.15) is 28.4 Å². The Labute approximate surface area is 175 Å². The quantitative estimate of drug-likeness (QED) is 0.700. The summed E-state index contributed by atoms with van der Waals surface area (Å²) in [5.74, 6) is 0.891. The molecule has 0 bridgehead atoms. The summed E-state index contributed by atoms with van der Waals surface area (Å²) in [7, 11) is 0. The van der Waals surface area contributed by atoms with Gasteiger partial charge < -0.3 is 9.64 Å². The smallest absolute Gasteiger partial charge is 0.321 e. The molecule has 0 aliphatic carbocycles. The van der Waals surface area contributed by atoms with E-state index in [1.807, 2.05) is 23.1 Å². The number of nitrogens with one attached hydrogen (secondary N) is 2. The van der Waals surface area contributed by atoms with E-state index in [9.17, 15) is 4.79 Å². The van der Waals surface area contributed by atoms with Crippen LogP contribution in [0.15, 0.2) is 73.1 Å². The number of likely N-dealkylation sites (tertiary alicyclic amines) is 1. The van der Waals surface area contributed by atoms with Gasteiger partial charge in [-0.3, -0.25) is 10.2 Å². The minimum Gasteiger partial charge on any atom is -0.424 e. The van der Waals surface area contributed by atoms with E-state index < -0.39 is 0 Å². The highest BCUT2D eigenvalue weighted by atomic mass is 16.5. The highest BCUT2D eigenvalue weighted by Crippen LogP contribution is 2.34. The van der Waals surface area contributed by atoms with E-state index in [4.69, 9.17) is 4.74 Å². The number of hydrogen-bond acceptors (Lipinski definition) is 6. The van der Waals surface area contributed by atoms with E-state index in [1.165, 1.54) is 5.56 Å². The number of carbonyl (C=O) groups excluding carboxylic acids is 1. The topological polar surface area (TPSA) is 79.4 Å². The Morgan fingerprint density at radius 1 is 1.00 bits per heavy atom. The van der Waals surface area contributed by atoms with Gasteiger partial charge in [-0.1, -0.05) is 36.4 Å². The Hall–Kier alpha value is -3.29. The number of ether oxygens (including phenoxy) is 1. The van der Waals surface area contributed by atoms with E-state index in [1.54, 1.807) is 30.6 Å². The van der Waals surface area contributed by atoms with Crippen molar-refractivity contribution < 1.29 is 9.53 Å². The van der Waals surface area contributed by atoms with Gasteiger partial charge in [0.1, 0.15) is 5.75 Å². The van der Waals surface area contributed by atoms with Crippen molar-refractivity contribution in [3.8, 4) is 11.8 Å². The summed E-state index contributed by atoms with van der Waals surface area (Å²) in [6.07, 6.45) is 4.16. The van der Waals surface area contributed by atoms with Crippen LogP contribution in [0.3, 0.4) is 0 Å². The van der Waals surface area contributed by atoms with Gasteiger partial charge in [0.05, 0.1) is 6.04 Å². The molecule has 2 N–H and O–H groups in total. The zero-order valence-corrected chi connectivity index (χ0v) is 16.4. The monoisotopic (exact) mass is 401 g/mol. The van der Waals surface area contributed by atoms with Crippen LogP contribution in [-0.2, 0) is 0 Å². The van der Waals surface area contributed by atoms with Crippen molar-refractivity contribution in [1.29, 1.82) is 0 Å². The summed E-state index contributed by atoms with van der Waals surface area (Å²) in [6, 6.07) is 20.1. The van der Waals surface area contributed by atoms with Crippen LogP contribution in [-0.4, -0.2) is 39.9 Å². The number of hydrogen-bond donors (Lipinski definition) is 2. The molecule has 2 aromatic carbocycles. The van der Waals surface area contributed by atoms with Gasteiger partial charge in [0.2, 0.25) is 0 Å². The molecule has 3 unspecified atom stereocenters. The Morgan fingerprint density at radius 3 is 2.67 bits per heavy atom. The molecule has 3 atom stereocenters. The van der Waals surface area contributed by atoms with Crippen molar-refractivity contribution in [3.63, 3.8) is 0 Å². The van der Waals surface area contributed by atoms with Gasteiger partial charge in [0, 0.05) is 43.0 Å². The van der Waals surface area contributed by atoms with Crippen LogP contribution in [0.4, 0.5) is 0 Å². The first-order chi connectivity index (χ1) is 14.8. The fourth-order valence-electron chi connectivity index (χ4n) is 4.30. The average Bonchev–Trinajstić information content (AvgIpc) is 3.23. The SMILES string of the molecule is O=C(c1cccc(Oc2ncccn2)c1)N1CCC2NNC(c3ccccc3)C2C1. The molecule has 2 saturated heterocycles. The van der Waals surface area contributed by atoms with Crippen LogP contribution in [0.2, 0.25) is 0 Å². The van der Waals surface area contributed by atoms with Crippen LogP contribution in [0.5, 0.6) is 11.8 Å². The van der Waals surface area contributed by atoms with Gasteiger partial charge in [-0.15, -0.1) is 0 Å². The van der Waals surface area contributed by atoms with Gasteiger partial charge in [-0.25, -0.2) is 15.4 Å². The maximum absolute atomic E-state index is 13.2. The first-order valence-corrected chi connectivity index (χ1v) is 10.2. The van der Waals surface area contributed by atoms with Crippen LogP contribution < -0.4 is 15.6 Å². The zero-order valence-electron chi connectivity index (χ0n) is 16.4. The standard InChI is InChI=1S/C23H23N5O2/c29-22(17-8-4-9-18(14-17)30-23-24-11-5-12-25-23)28-13-10-20-19(15-28)21(27-26-20)16-6-2-1-3-7-16/h1-9,11-12,14,19-21,26-27H,10,13,15H2. The van der Waals surface area contributed by atoms with Gasteiger partial charge >= 0.3 is 6.01 Å². The summed E-state index contributed by atoms with van der Waals surface area (Å²) in [6.45, 7) is 1.43. The van der Waals surface area contributed by atoms with Crippen molar-refractivity contribution in [1.82, 2.24) is 25.7 Å². The summed E-state index contributed by atoms with van der Waals surface area (Å²) in [5.41, 5.74) is 8.70. The molecular weight excluding hydrogens is 378 g/mol. The van der Waals surface area contributed by atoms with E-state index in [0.717, 1.165) is 13.0 Å². The van der Waals surface area contributed by atoms with Gasteiger partial charge in [-0.05, 0) is 36.2 Å². The lowest BCUT2D eigenvalue weighted by Crippen LogP contribution is -2.47. The maximum Gasteiger partial charge on any atom is 0.321 e. The fourth-order valence-corrected chi connectivity index (χ4v) is 4.30. The second kappa shape index (κ2) is 8.22. The van der Waals surface area contributed by atoms with Crippen molar-refractivity contribution in [2.24, 2.45) is 5.92 Å². The highest BCUT2D eigenvalue weighted by molar-refractivity contribution is 5.94. The number of hydrazine groups is 1. The largest absolute Gasteiger partial charge is 0.424 e. The minimum absolute atomic E-state index is 0.0200. The van der Waals surface area contributed by atoms with E-state index in [0.29, 0.717) is 29.8 Å². The third-order valence-corrected chi connectivity index (χ3v) is 5.79. The zero-order chi connectivity index (χ0) is 20.3. The number of fused-ring (bicyclic) bond motifs is 1. The molecule has 152 valence electrons. The molecule has 7 nitrogen and oxygen atoms in total. The average molecular weight is 401 g/mol. The summed E-state index contributed by atoms with van der Waals surface area (Å²) >= 11 is 0. The van der Waals surface area contributed by atoms with E-state index in [2.05, 4.69) is 45.1 Å². The second-order valence-electron chi connectivity index (χ2n) is 7.65.